The summed E-state index contributed by atoms with van der Waals surface area (Å²) in [6, 6.07) is 5.44. The van der Waals surface area contributed by atoms with Crippen LogP contribution in [0, 0.1) is 0 Å². The normalized spacial score (nSPS) is 22.7. The molecule has 0 aliphatic carbocycles. The second kappa shape index (κ2) is 4.68. The zero-order valence-corrected chi connectivity index (χ0v) is 11.5. The van der Waals surface area contributed by atoms with E-state index in [1.54, 1.807) is 6.07 Å². The molecule has 19 heavy (non-hydrogen) atoms. The molecule has 5 nitrogen and oxygen atoms in total. The van der Waals surface area contributed by atoms with Crippen molar-refractivity contribution in [1.29, 1.82) is 0 Å². The number of nitrogen functional groups attached to an aromatic ring is 1. The summed E-state index contributed by atoms with van der Waals surface area (Å²) in [5.41, 5.74) is 8.25. The van der Waals surface area contributed by atoms with Crippen molar-refractivity contribution >= 4 is 21.4 Å². The average molecular weight is 282 g/mol. The Labute approximate surface area is 113 Å². The smallest absolute Gasteiger partial charge is 0.237 e. The molecule has 6 heteroatoms. The first kappa shape index (κ1) is 12.7. The highest BCUT2D eigenvalue weighted by atomic mass is 32.2. The Kier molecular flexibility index (Phi) is 3.14. The molecule has 0 aromatic heterocycles. The SMILES string of the molecule is Nc1cccc2c1CCN2S(=O)(=O)CC1CCCO1. The first-order valence-corrected chi connectivity index (χ1v) is 8.18. The number of hydrogen-bond donors (Lipinski definition) is 1. The molecule has 104 valence electrons. The molecule has 0 amide bonds. The Morgan fingerprint density at radius 1 is 1.42 bits per heavy atom. The summed E-state index contributed by atoms with van der Waals surface area (Å²) in [7, 11) is -3.32. The molecular weight excluding hydrogens is 264 g/mol. The fourth-order valence-electron chi connectivity index (χ4n) is 2.82. The van der Waals surface area contributed by atoms with E-state index in [4.69, 9.17) is 10.5 Å². The molecule has 0 saturated carbocycles. The fraction of sp³-hybridized carbons (Fsp3) is 0.538. The number of benzene rings is 1. The molecule has 2 aliphatic heterocycles. The van der Waals surface area contributed by atoms with Crippen molar-refractivity contribution in [2.24, 2.45) is 0 Å². The second-order valence-electron chi connectivity index (χ2n) is 5.08. The molecule has 1 aromatic rings. The Bertz CT molecular complexity index is 580. The number of hydrogen-bond acceptors (Lipinski definition) is 4. The summed E-state index contributed by atoms with van der Waals surface area (Å²) < 4.78 is 31.9. The number of nitrogens with two attached hydrogens (primary N) is 1. The van der Waals surface area contributed by atoms with Crippen molar-refractivity contribution in [2.75, 3.05) is 28.9 Å². The van der Waals surface area contributed by atoms with Gasteiger partial charge in [0, 0.05) is 24.4 Å². The highest BCUT2D eigenvalue weighted by Gasteiger charge is 2.33. The summed E-state index contributed by atoms with van der Waals surface area (Å²) in [5, 5.41) is 0. The Morgan fingerprint density at radius 3 is 3.00 bits per heavy atom. The fourth-order valence-corrected chi connectivity index (χ4v) is 4.57. The summed E-state index contributed by atoms with van der Waals surface area (Å²) in [5.74, 6) is 0.0707. The number of fused-ring (bicyclic) bond motifs is 1. The first-order valence-electron chi connectivity index (χ1n) is 6.57. The van der Waals surface area contributed by atoms with Gasteiger partial charge in [0.2, 0.25) is 10.0 Å². The molecule has 0 spiro atoms. The maximum Gasteiger partial charge on any atom is 0.237 e. The van der Waals surface area contributed by atoms with E-state index in [9.17, 15) is 8.42 Å². The zero-order chi connectivity index (χ0) is 13.5. The maximum absolute atomic E-state index is 12.5. The van der Waals surface area contributed by atoms with E-state index in [1.165, 1.54) is 4.31 Å². The summed E-state index contributed by atoms with van der Waals surface area (Å²) in [6.07, 6.45) is 2.31. The van der Waals surface area contributed by atoms with Gasteiger partial charge in [-0.3, -0.25) is 4.31 Å². The number of ether oxygens (including phenoxy) is 1. The summed E-state index contributed by atoms with van der Waals surface area (Å²) >= 11 is 0. The first-order chi connectivity index (χ1) is 9.08. The molecular formula is C13H18N2O3S. The molecule has 2 heterocycles. The third kappa shape index (κ3) is 2.30. The van der Waals surface area contributed by atoms with Gasteiger partial charge in [-0.1, -0.05) is 6.07 Å². The van der Waals surface area contributed by atoms with Crippen molar-refractivity contribution < 1.29 is 13.2 Å². The quantitative estimate of drug-likeness (QED) is 0.844. The zero-order valence-electron chi connectivity index (χ0n) is 10.7. The number of anilines is 2. The van der Waals surface area contributed by atoms with E-state index in [1.807, 2.05) is 12.1 Å². The van der Waals surface area contributed by atoms with Crippen molar-refractivity contribution in [3.63, 3.8) is 0 Å². The van der Waals surface area contributed by atoms with E-state index in [-0.39, 0.29) is 11.9 Å². The lowest BCUT2D eigenvalue weighted by Gasteiger charge is -2.21. The largest absolute Gasteiger partial charge is 0.398 e. The minimum Gasteiger partial charge on any atom is -0.398 e. The summed E-state index contributed by atoms with van der Waals surface area (Å²) in [4.78, 5) is 0. The van der Waals surface area contributed by atoms with E-state index < -0.39 is 10.0 Å². The van der Waals surface area contributed by atoms with E-state index >= 15 is 0 Å². The monoisotopic (exact) mass is 282 g/mol. The van der Waals surface area contributed by atoms with Crippen LogP contribution in [0.1, 0.15) is 18.4 Å². The second-order valence-corrected chi connectivity index (χ2v) is 7.02. The minimum absolute atomic E-state index is 0.0707. The van der Waals surface area contributed by atoms with Crippen LogP contribution in [0.5, 0.6) is 0 Å². The predicted octanol–water partition coefficient (Wildman–Crippen LogP) is 1.14. The minimum atomic E-state index is -3.32. The summed E-state index contributed by atoms with van der Waals surface area (Å²) in [6.45, 7) is 1.16. The van der Waals surface area contributed by atoms with Gasteiger partial charge in [0.25, 0.3) is 0 Å². The Hall–Kier alpha value is -1.27. The van der Waals surface area contributed by atoms with Gasteiger partial charge in [-0.25, -0.2) is 8.42 Å². The standard InChI is InChI=1S/C13H18N2O3S/c14-12-4-1-5-13-11(12)6-7-15(13)19(16,17)9-10-3-2-8-18-10/h1,4-5,10H,2-3,6-9,14H2. The molecule has 2 aliphatic rings. The molecule has 2 N–H and O–H groups in total. The van der Waals surface area contributed by atoms with Crippen LogP contribution >= 0.6 is 0 Å². The predicted molar refractivity (Wildman–Crippen MR) is 74.7 cm³/mol. The van der Waals surface area contributed by atoms with Crippen molar-refractivity contribution in [3.05, 3.63) is 23.8 Å². The van der Waals surface area contributed by atoms with Gasteiger partial charge in [0.05, 0.1) is 17.5 Å². The molecule has 1 atom stereocenters. The topological polar surface area (TPSA) is 72.6 Å². The van der Waals surface area contributed by atoms with Crippen LogP contribution in [0.4, 0.5) is 11.4 Å². The van der Waals surface area contributed by atoms with E-state index in [2.05, 4.69) is 0 Å². The molecule has 1 unspecified atom stereocenters. The third-order valence-corrected chi connectivity index (χ3v) is 5.62. The van der Waals surface area contributed by atoms with Crippen molar-refractivity contribution in [1.82, 2.24) is 0 Å². The van der Waals surface area contributed by atoms with Crippen LogP contribution in [0.15, 0.2) is 18.2 Å². The van der Waals surface area contributed by atoms with Crippen LogP contribution in [0.25, 0.3) is 0 Å². The Balaban J connectivity index is 1.86. The van der Waals surface area contributed by atoms with Gasteiger partial charge in [0.1, 0.15) is 0 Å². The van der Waals surface area contributed by atoms with Gasteiger partial charge in [-0.05, 0) is 31.4 Å². The average Bonchev–Trinajstić information content (AvgIpc) is 2.97. The molecule has 3 rings (SSSR count). The van der Waals surface area contributed by atoms with Gasteiger partial charge < -0.3 is 10.5 Å². The van der Waals surface area contributed by atoms with E-state index in [0.717, 1.165) is 24.1 Å². The van der Waals surface area contributed by atoms with Crippen LogP contribution < -0.4 is 10.0 Å². The highest BCUT2D eigenvalue weighted by molar-refractivity contribution is 7.92. The lowest BCUT2D eigenvalue weighted by Crippen LogP contribution is -2.35. The van der Waals surface area contributed by atoms with E-state index in [0.29, 0.717) is 25.3 Å². The van der Waals surface area contributed by atoms with Crippen LogP contribution in [-0.2, 0) is 21.2 Å². The molecule has 0 bridgehead atoms. The van der Waals surface area contributed by atoms with Crippen LogP contribution in [0.3, 0.4) is 0 Å². The highest BCUT2D eigenvalue weighted by Crippen LogP contribution is 2.34. The van der Waals surface area contributed by atoms with Crippen LogP contribution in [-0.4, -0.2) is 33.4 Å². The third-order valence-electron chi connectivity index (χ3n) is 3.78. The van der Waals surface area contributed by atoms with Gasteiger partial charge in [0.15, 0.2) is 0 Å². The molecule has 1 fully saturated rings. The van der Waals surface area contributed by atoms with Gasteiger partial charge in [-0.2, -0.15) is 0 Å². The van der Waals surface area contributed by atoms with Crippen LogP contribution in [0.2, 0.25) is 0 Å². The van der Waals surface area contributed by atoms with Gasteiger partial charge >= 0.3 is 0 Å². The lowest BCUT2D eigenvalue weighted by molar-refractivity contribution is 0.127. The molecule has 1 aromatic carbocycles. The van der Waals surface area contributed by atoms with Crippen molar-refractivity contribution in [2.45, 2.75) is 25.4 Å². The van der Waals surface area contributed by atoms with Crippen molar-refractivity contribution in [3.8, 4) is 0 Å². The number of rotatable bonds is 3. The molecule has 1 saturated heterocycles. The Morgan fingerprint density at radius 2 is 2.26 bits per heavy atom. The molecule has 0 radical (unpaired) electrons. The number of nitrogens with zero attached hydrogens (tertiary/aromatic N) is 1. The number of sulfonamides is 1. The maximum atomic E-state index is 12.5. The lowest BCUT2D eigenvalue weighted by atomic mass is 10.1. The van der Waals surface area contributed by atoms with Gasteiger partial charge in [-0.15, -0.1) is 0 Å².